The Hall–Kier alpha value is -3.78. The van der Waals surface area contributed by atoms with Gasteiger partial charge in [-0.1, -0.05) is 81.6 Å². The van der Waals surface area contributed by atoms with Gasteiger partial charge in [0.2, 0.25) is 0 Å². The lowest BCUT2D eigenvalue weighted by atomic mass is 9.94. The number of hydrogen-bond donors (Lipinski definition) is 2. The molecule has 2 aliphatic rings. The van der Waals surface area contributed by atoms with E-state index in [0.29, 0.717) is 37.1 Å². The van der Waals surface area contributed by atoms with Crippen LogP contribution in [-0.4, -0.2) is 40.2 Å². The van der Waals surface area contributed by atoms with E-state index in [1.807, 2.05) is 60.7 Å². The molecular formula is C39H45FN2O4. The summed E-state index contributed by atoms with van der Waals surface area (Å²) < 4.78 is 29.3. The van der Waals surface area contributed by atoms with Gasteiger partial charge in [-0.25, -0.2) is 4.39 Å². The van der Waals surface area contributed by atoms with Crippen LogP contribution in [0.5, 0.6) is 0 Å². The van der Waals surface area contributed by atoms with Gasteiger partial charge in [0.05, 0.1) is 29.6 Å². The molecule has 2 fully saturated rings. The van der Waals surface area contributed by atoms with Gasteiger partial charge in [-0.15, -0.1) is 0 Å². The molecule has 6 nitrogen and oxygen atoms in total. The molecule has 46 heavy (non-hydrogen) atoms. The lowest BCUT2D eigenvalue weighted by molar-refractivity contribution is -0.237. The molecule has 7 heteroatoms. The first kappa shape index (κ1) is 32.2. The summed E-state index contributed by atoms with van der Waals surface area (Å²) in [7, 11) is 0. The van der Waals surface area contributed by atoms with Crippen LogP contribution in [0.4, 0.5) is 10.1 Å². The number of halogens is 1. The molecule has 1 amide bonds. The van der Waals surface area contributed by atoms with Crippen molar-refractivity contribution in [3.8, 4) is 22.4 Å². The second-order valence-electron chi connectivity index (χ2n) is 13.0. The Bertz CT molecular complexity index is 1580. The predicted octanol–water partition coefficient (Wildman–Crippen LogP) is 8.94. The van der Waals surface area contributed by atoms with Crippen LogP contribution >= 0.6 is 0 Å². The molecule has 4 aromatic rings. The maximum atomic E-state index is 14.3. The number of aromatic nitrogens is 1. The van der Waals surface area contributed by atoms with Crippen molar-refractivity contribution < 1.29 is 23.8 Å². The lowest BCUT2D eigenvalue weighted by Crippen LogP contribution is -2.39. The number of carbonyl (C=O) groups excluding carboxylic acids is 1. The van der Waals surface area contributed by atoms with Gasteiger partial charge < -0.3 is 24.5 Å². The number of carbonyl (C=O) groups is 1. The normalized spacial score (nSPS) is 20.6. The van der Waals surface area contributed by atoms with Crippen molar-refractivity contribution >= 4 is 11.6 Å². The summed E-state index contributed by atoms with van der Waals surface area (Å²) in [5, 5.41) is 14.0. The van der Waals surface area contributed by atoms with E-state index in [2.05, 4.69) is 23.7 Å². The number of para-hydroxylation sites is 1. The Kier molecular flexibility index (Phi) is 10.3. The average Bonchev–Trinajstić information content (AvgIpc) is 3.41. The number of hydrogen-bond acceptors (Lipinski definition) is 4. The van der Waals surface area contributed by atoms with Crippen LogP contribution in [0, 0.1) is 5.82 Å². The summed E-state index contributed by atoms with van der Waals surface area (Å²) in [5.41, 5.74) is 5.62. The lowest BCUT2D eigenvalue weighted by Gasteiger charge is -2.36. The average molecular weight is 625 g/mol. The molecule has 0 spiro atoms. The summed E-state index contributed by atoms with van der Waals surface area (Å²) in [5.74, 6) is -0.516. The third-order valence-corrected chi connectivity index (χ3v) is 9.20. The highest BCUT2D eigenvalue weighted by Crippen LogP contribution is 2.43. The highest BCUT2D eigenvalue weighted by molar-refractivity contribution is 6.12. The van der Waals surface area contributed by atoms with Gasteiger partial charge in [0.25, 0.3) is 5.91 Å². The monoisotopic (exact) mass is 624 g/mol. The van der Waals surface area contributed by atoms with Crippen molar-refractivity contribution in [2.75, 3.05) is 5.32 Å². The number of benzene rings is 3. The summed E-state index contributed by atoms with van der Waals surface area (Å²) in [4.78, 5) is 14.3. The maximum Gasteiger partial charge on any atom is 0.258 e. The summed E-state index contributed by atoms with van der Waals surface area (Å²) in [6.07, 6.45) is 6.37. The molecule has 2 N–H and O–H groups in total. The fourth-order valence-corrected chi connectivity index (χ4v) is 7.12. The summed E-state index contributed by atoms with van der Waals surface area (Å²) >= 11 is 0. The first-order chi connectivity index (χ1) is 22.4. The van der Waals surface area contributed by atoms with Gasteiger partial charge >= 0.3 is 0 Å². The Balaban J connectivity index is 1.41. The number of aliphatic hydroxyl groups is 1. The molecule has 3 aromatic carbocycles. The number of aliphatic hydroxyl groups excluding tert-OH is 1. The highest BCUT2D eigenvalue weighted by Gasteiger charge is 2.34. The van der Waals surface area contributed by atoms with Crippen LogP contribution in [0.1, 0.15) is 87.2 Å². The fourth-order valence-electron chi connectivity index (χ4n) is 7.12. The van der Waals surface area contributed by atoms with Gasteiger partial charge in [0, 0.05) is 29.9 Å². The quantitative estimate of drug-likeness (QED) is 0.185. The Morgan fingerprint density at radius 3 is 2.28 bits per heavy atom. The number of rotatable bonds is 10. The molecule has 1 aromatic heterocycles. The van der Waals surface area contributed by atoms with Crippen LogP contribution in [0.2, 0.25) is 0 Å². The van der Waals surface area contributed by atoms with E-state index in [0.717, 1.165) is 40.9 Å². The Morgan fingerprint density at radius 1 is 0.935 bits per heavy atom. The fraction of sp³-hybridized carbons (Fsp3) is 0.410. The molecule has 242 valence electrons. The third kappa shape index (κ3) is 7.43. The van der Waals surface area contributed by atoms with Crippen molar-refractivity contribution in [3.63, 3.8) is 0 Å². The zero-order valence-corrected chi connectivity index (χ0v) is 26.8. The molecule has 1 saturated carbocycles. The smallest absolute Gasteiger partial charge is 0.258 e. The highest BCUT2D eigenvalue weighted by atomic mass is 19.1. The molecule has 1 saturated heterocycles. The van der Waals surface area contributed by atoms with E-state index in [4.69, 9.17) is 9.47 Å². The molecule has 1 aliphatic heterocycles. The number of ether oxygens (including phenoxy) is 2. The van der Waals surface area contributed by atoms with E-state index in [1.54, 1.807) is 12.1 Å². The first-order valence-corrected chi connectivity index (χ1v) is 16.8. The van der Waals surface area contributed by atoms with Gasteiger partial charge in [-0.3, -0.25) is 4.79 Å². The zero-order valence-electron chi connectivity index (χ0n) is 26.8. The maximum absolute atomic E-state index is 14.3. The minimum atomic E-state index is -0.495. The van der Waals surface area contributed by atoms with Crippen LogP contribution < -0.4 is 5.32 Å². The zero-order chi connectivity index (χ0) is 32.0. The topological polar surface area (TPSA) is 72.7 Å². The molecule has 0 bridgehead atoms. The molecule has 2 heterocycles. The van der Waals surface area contributed by atoms with Crippen molar-refractivity contribution in [2.45, 2.75) is 102 Å². The van der Waals surface area contributed by atoms with Crippen molar-refractivity contribution in [1.82, 2.24) is 4.57 Å². The molecule has 2 unspecified atom stereocenters. The third-order valence-electron chi connectivity index (χ3n) is 9.20. The number of nitrogens with zero attached hydrogens (tertiary/aromatic N) is 1. The van der Waals surface area contributed by atoms with E-state index in [9.17, 15) is 14.3 Å². The molecule has 3 atom stereocenters. The molecule has 0 radical (unpaired) electrons. The minimum Gasteiger partial charge on any atom is -0.393 e. The molecular weight excluding hydrogens is 579 g/mol. The van der Waals surface area contributed by atoms with E-state index >= 15 is 0 Å². The second-order valence-corrected chi connectivity index (χ2v) is 13.0. The first-order valence-electron chi connectivity index (χ1n) is 16.8. The SMILES string of the molecule is CC(C)c1c(C(=O)Nc2ccccc2)c(-c2ccccc2)c(-c2ccc(F)cc2)n1CC[C@@H]1CC(O)CC(OC2CCCCC2)O1. The van der Waals surface area contributed by atoms with Crippen LogP contribution in [0.25, 0.3) is 22.4 Å². The van der Waals surface area contributed by atoms with Crippen LogP contribution in [-0.2, 0) is 16.0 Å². The standard InChI is InChI=1S/C39H45FN2O4/c1-26(2)37-36(39(44)41-30-14-8-4-9-15-30)35(27-12-6-3-7-13-27)38(28-18-20-29(40)21-19-28)42(37)23-22-33-24-31(43)25-34(46-33)45-32-16-10-5-11-17-32/h3-4,6-9,12-15,18-21,26,31-34,43H,5,10-11,16-17,22-25H2,1-2H3,(H,41,44)/t31?,33-,34?/m1/s1. The Morgan fingerprint density at radius 2 is 1.61 bits per heavy atom. The molecule has 6 rings (SSSR count). The van der Waals surface area contributed by atoms with E-state index in [1.165, 1.54) is 31.4 Å². The number of nitrogens with one attached hydrogen (secondary N) is 1. The van der Waals surface area contributed by atoms with Crippen LogP contribution in [0.3, 0.4) is 0 Å². The second kappa shape index (κ2) is 14.8. The summed E-state index contributed by atoms with van der Waals surface area (Å²) in [6.45, 7) is 4.75. The van der Waals surface area contributed by atoms with Crippen molar-refractivity contribution in [1.29, 1.82) is 0 Å². The van der Waals surface area contributed by atoms with Gasteiger partial charge in [0.15, 0.2) is 6.29 Å². The van der Waals surface area contributed by atoms with E-state index < -0.39 is 12.4 Å². The van der Waals surface area contributed by atoms with Crippen molar-refractivity contribution in [3.05, 3.63) is 102 Å². The number of amides is 1. The van der Waals surface area contributed by atoms with Crippen molar-refractivity contribution in [2.24, 2.45) is 0 Å². The van der Waals surface area contributed by atoms with Gasteiger partial charge in [0.1, 0.15) is 5.82 Å². The Labute approximate surface area is 271 Å². The van der Waals surface area contributed by atoms with E-state index in [-0.39, 0.29) is 29.9 Å². The van der Waals surface area contributed by atoms with Gasteiger partial charge in [-0.05, 0) is 79.1 Å². The largest absolute Gasteiger partial charge is 0.393 e. The summed E-state index contributed by atoms with van der Waals surface area (Å²) in [6, 6.07) is 25.9. The van der Waals surface area contributed by atoms with Crippen LogP contribution in [0.15, 0.2) is 84.9 Å². The minimum absolute atomic E-state index is 0.00608. The number of anilines is 1. The van der Waals surface area contributed by atoms with Gasteiger partial charge in [-0.2, -0.15) is 0 Å². The molecule has 1 aliphatic carbocycles. The predicted molar refractivity (Wildman–Crippen MR) is 180 cm³/mol.